The van der Waals surface area contributed by atoms with Gasteiger partial charge < -0.3 is 13.6 Å². The van der Waals surface area contributed by atoms with Crippen LogP contribution in [0.1, 0.15) is 5.76 Å². The van der Waals surface area contributed by atoms with Crippen LogP contribution in [0.5, 0.6) is 5.75 Å². The molecule has 5 rings (SSSR count). The first kappa shape index (κ1) is 21.6. The van der Waals surface area contributed by atoms with E-state index in [4.69, 9.17) is 48.4 Å². The minimum atomic E-state index is 0.386. The van der Waals surface area contributed by atoms with E-state index in [0.717, 1.165) is 11.3 Å². The van der Waals surface area contributed by atoms with Crippen LogP contribution in [0.25, 0.3) is 33.9 Å². The molecule has 3 aromatic carbocycles. The lowest BCUT2D eigenvalue weighted by atomic mass is 10.2. The molecule has 8 heteroatoms. The molecule has 0 spiro atoms. The van der Waals surface area contributed by atoms with Gasteiger partial charge in [0.2, 0.25) is 5.89 Å². The van der Waals surface area contributed by atoms with Gasteiger partial charge in [0.25, 0.3) is 0 Å². The van der Waals surface area contributed by atoms with Crippen molar-refractivity contribution >= 4 is 57.8 Å². The molecule has 0 saturated carbocycles. The molecule has 0 fully saturated rings. The van der Waals surface area contributed by atoms with Crippen LogP contribution in [0, 0.1) is 0 Å². The topological polar surface area (TPSA) is 60.8 Å². The van der Waals surface area contributed by atoms with E-state index in [1.54, 1.807) is 37.6 Å². The first-order valence-corrected chi connectivity index (χ1v) is 11.0. The molecule has 5 aromatic rings. The van der Waals surface area contributed by atoms with E-state index >= 15 is 0 Å². The number of methoxy groups -OCH3 is 1. The van der Waals surface area contributed by atoms with Crippen molar-refractivity contribution in [3.8, 4) is 28.5 Å². The Hall–Kier alpha value is -3.25. The molecule has 0 N–H and O–H groups in total. The summed E-state index contributed by atoms with van der Waals surface area (Å²) >= 11 is 18.4. The summed E-state index contributed by atoms with van der Waals surface area (Å²) in [5.41, 5.74) is 3.61. The van der Waals surface area contributed by atoms with Crippen molar-refractivity contribution in [2.75, 3.05) is 7.11 Å². The van der Waals surface area contributed by atoms with Gasteiger partial charge >= 0.3 is 0 Å². The van der Waals surface area contributed by atoms with E-state index in [2.05, 4.69) is 9.98 Å². The zero-order valence-corrected chi connectivity index (χ0v) is 19.4. The number of aromatic nitrogens is 1. The Morgan fingerprint density at radius 3 is 2.42 bits per heavy atom. The highest BCUT2D eigenvalue weighted by Crippen LogP contribution is 2.36. The first-order valence-electron chi connectivity index (χ1n) is 9.84. The third kappa shape index (κ3) is 4.48. The number of ether oxygens (including phenoxy) is 1. The second-order valence-corrected chi connectivity index (χ2v) is 8.33. The number of aliphatic imine (C=N–C) groups is 1. The van der Waals surface area contributed by atoms with Crippen molar-refractivity contribution in [1.29, 1.82) is 0 Å². The maximum Gasteiger partial charge on any atom is 0.227 e. The van der Waals surface area contributed by atoms with Gasteiger partial charge in [0.15, 0.2) is 5.58 Å². The van der Waals surface area contributed by atoms with E-state index < -0.39 is 0 Å². The summed E-state index contributed by atoms with van der Waals surface area (Å²) in [6.07, 6.45) is 1.63. The number of nitrogens with zero attached hydrogens (tertiary/aromatic N) is 2. The molecule has 0 radical (unpaired) electrons. The van der Waals surface area contributed by atoms with Gasteiger partial charge in [0.05, 0.1) is 34.1 Å². The quantitative estimate of drug-likeness (QED) is 0.180. The number of hydrogen-bond acceptors (Lipinski definition) is 5. The molecule has 0 amide bonds. The van der Waals surface area contributed by atoms with Crippen molar-refractivity contribution in [2.24, 2.45) is 4.99 Å². The van der Waals surface area contributed by atoms with Gasteiger partial charge in [-0.1, -0.05) is 34.8 Å². The SMILES string of the molecule is COc1ccc(-c2nc3cc(N=Cc4ccc(-c5cc(Cl)c(Cl)cc5Cl)o4)ccc3o2)cc1. The highest BCUT2D eigenvalue weighted by molar-refractivity contribution is 6.44. The van der Waals surface area contributed by atoms with Gasteiger partial charge in [-0.25, -0.2) is 4.98 Å². The largest absolute Gasteiger partial charge is 0.497 e. The lowest BCUT2D eigenvalue weighted by molar-refractivity contribution is 0.415. The minimum absolute atomic E-state index is 0.386. The number of rotatable bonds is 5. The number of fused-ring (bicyclic) bond motifs is 1. The summed E-state index contributed by atoms with van der Waals surface area (Å²) in [6, 6.07) is 19.9. The van der Waals surface area contributed by atoms with E-state index in [1.165, 1.54) is 0 Å². The molecule has 0 aliphatic heterocycles. The van der Waals surface area contributed by atoms with Crippen LogP contribution in [0.3, 0.4) is 0 Å². The first-order chi connectivity index (χ1) is 16.0. The fourth-order valence-corrected chi connectivity index (χ4v) is 3.91. The monoisotopic (exact) mass is 496 g/mol. The number of furan rings is 1. The Morgan fingerprint density at radius 2 is 1.64 bits per heavy atom. The van der Waals surface area contributed by atoms with Crippen LogP contribution in [-0.2, 0) is 0 Å². The van der Waals surface area contributed by atoms with Crippen LogP contribution < -0.4 is 4.74 Å². The van der Waals surface area contributed by atoms with Gasteiger partial charge in [-0.05, 0) is 66.7 Å². The molecule has 0 aliphatic rings. The summed E-state index contributed by atoms with van der Waals surface area (Å²) in [6.45, 7) is 0. The smallest absolute Gasteiger partial charge is 0.227 e. The fourth-order valence-electron chi connectivity index (χ4n) is 3.27. The maximum absolute atomic E-state index is 6.28. The average Bonchev–Trinajstić information content (AvgIpc) is 3.47. The molecule has 0 bridgehead atoms. The Bertz CT molecular complexity index is 1490. The summed E-state index contributed by atoms with van der Waals surface area (Å²) in [4.78, 5) is 9.08. The van der Waals surface area contributed by atoms with Gasteiger partial charge in [0, 0.05) is 11.1 Å². The molecule has 2 heterocycles. The van der Waals surface area contributed by atoms with E-state index in [9.17, 15) is 0 Å². The summed E-state index contributed by atoms with van der Waals surface area (Å²) in [5, 5.41) is 1.24. The summed E-state index contributed by atoms with van der Waals surface area (Å²) in [5.74, 6) is 2.43. The number of halogens is 3. The van der Waals surface area contributed by atoms with Gasteiger partial charge in [-0.15, -0.1) is 0 Å². The fraction of sp³-hybridized carbons (Fsp3) is 0.0400. The highest BCUT2D eigenvalue weighted by atomic mass is 35.5. The van der Waals surface area contributed by atoms with Gasteiger partial charge in [-0.2, -0.15) is 0 Å². The van der Waals surface area contributed by atoms with Crippen molar-refractivity contribution in [1.82, 2.24) is 4.98 Å². The Labute approximate surface area is 204 Å². The third-order valence-electron chi connectivity index (χ3n) is 4.95. The lowest BCUT2D eigenvalue weighted by Crippen LogP contribution is -1.82. The minimum Gasteiger partial charge on any atom is -0.497 e. The zero-order chi connectivity index (χ0) is 22.9. The van der Waals surface area contributed by atoms with Crippen LogP contribution in [-0.4, -0.2) is 18.3 Å². The predicted molar refractivity (Wildman–Crippen MR) is 132 cm³/mol. The van der Waals surface area contributed by atoms with Crippen molar-refractivity contribution < 1.29 is 13.6 Å². The predicted octanol–water partition coefficient (Wildman–Crippen LogP) is 8.47. The Kier molecular flexibility index (Phi) is 5.85. The van der Waals surface area contributed by atoms with Crippen LogP contribution in [0.4, 0.5) is 5.69 Å². The molecule has 33 heavy (non-hydrogen) atoms. The Balaban J connectivity index is 1.38. The molecule has 0 atom stereocenters. The van der Waals surface area contributed by atoms with E-state index in [1.807, 2.05) is 42.5 Å². The van der Waals surface area contributed by atoms with Crippen molar-refractivity contribution in [2.45, 2.75) is 0 Å². The molecular weight excluding hydrogens is 483 g/mol. The van der Waals surface area contributed by atoms with Crippen LogP contribution in [0.15, 0.2) is 80.6 Å². The van der Waals surface area contributed by atoms with Crippen molar-refractivity contribution in [3.63, 3.8) is 0 Å². The number of benzene rings is 3. The third-order valence-corrected chi connectivity index (χ3v) is 5.99. The zero-order valence-electron chi connectivity index (χ0n) is 17.2. The standard InChI is InChI=1S/C25H15Cl3N2O3/c1-31-16-5-2-14(3-6-16)25-30-22-10-15(4-8-24(22)33-25)29-13-17-7-9-23(32-17)18-11-20(27)21(28)12-19(18)26/h2-13H,1H3. The molecular formula is C25H15Cl3N2O3. The molecule has 2 aromatic heterocycles. The van der Waals surface area contributed by atoms with Crippen LogP contribution >= 0.6 is 34.8 Å². The van der Waals surface area contributed by atoms with E-state index in [-0.39, 0.29) is 0 Å². The van der Waals surface area contributed by atoms with Crippen molar-refractivity contribution in [3.05, 3.63) is 87.6 Å². The lowest BCUT2D eigenvalue weighted by Gasteiger charge is -2.03. The summed E-state index contributed by atoms with van der Waals surface area (Å²) < 4.78 is 16.9. The second-order valence-electron chi connectivity index (χ2n) is 7.11. The molecule has 0 saturated heterocycles. The van der Waals surface area contributed by atoms with Gasteiger partial charge in [-0.3, -0.25) is 4.99 Å². The number of hydrogen-bond donors (Lipinski definition) is 0. The van der Waals surface area contributed by atoms with E-state index in [0.29, 0.717) is 54.8 Å². The average molecular weight is 498 g/mol. The van der Waals surface area contributed by atoms with Crippen LogP contribution in [0.2, 0.25) is 15.1 Å². The highest BCUT2D eigenvalue weighted by Gasteiger charge is 2.12. The molecule has 5 nitrogen and oxygen atoms in total. The maximum atomic E-state index is 6.28. The molecule has 0 unspecified atom stereocenters. The number of oxazole rings is 1. The van der Waals surface area contributed by atoms with Gasteiger partial charge in [0.1, 0.15) is 22.8 Å². The molecule has 164 valence electrons. The second kappa shape index (κ2) is 8.94. The summed E-state index contributed by atoms with van der Waals surface area (Å²) in [7, 11) is 1.63. The normalized spacial score (nSPS) is 11.5. The Morgan fingerprint density at radius 1 is 0.848 bits per heavy atom. The molecule has 0 aliphatic carbocycles.